The van der Waals surface area contributed by atoms with Gasteiger partial charge in [-0.15, -0.1) is 0 Å². The Kier molecular flexibility index (Phi) is 7.03. The van der Waals surface area contributed by atoms with Crippen molar-refractivity contribution in [1.29, 1.82) is 0 Å². The van der Waals surface area contributed by atoms with E-state index in [9.17, 15) is 48.0 Å². The molecule has 0 bridgehead atoms. The van der Waals surface area contributed by atoms with Crippen molar-refractivity contribution in [3.05, 3.63) is 0 Å². The van der Waals surface area contributed by atoms with E-state index in [1.165, 1.54) is 0 Å². The molecule has 1 fully saturated rings. The van der Waals surface area contributed by atoms with Crippen LogP contribution in [0.1, 0.15) is 53.9 Å². The van der Waals surface area contributed by atoms with Gasteiger partial charge in [-0.1, -0.05) is 27.7 Å². The van der Waals surface area contributed by atoms with Crippen LogP contribution in [-0.2, 0) is 29.2 Å². The number of sulfone groups is 2. The molecule has 0 aromatic rings. The molecule has 0 aromatic carbocycles. The van der Waals surface area contributed by atoms with Gasteiger partial charge in [-0.05, 0) is 31.6 Å². The summed E-state index contributed by atoms with van der Waals surface area (Å²) in [6.07, 6.45) is -0.760. The summed E-state index contributed by atoms with van der Waals surface area (Å²) in [6.45, 7) is 6.86. The molecule has 30 heavy (non-hydrogen) atoms. The molecule has 2 atom stereocenters. The number of carbonyl (C=O) groups excluding carboxylic acids is 1. The van der Waals surface area contributed by atoms with Gasteiger partial charge >= 0.3 is 17.0 Å². The van der Waals surface area contributed by atoms with Crippen LogP contribution in [0.15, 0.2) is 0 Å². The number of ether oxygens (including phenoxy) is 1. The molecule has 0 aromatic heterocycles. The normalized spacial score (nSPS) is 20.0. The third-order valence-corrected chi connectivity index (χ3v) is 9.77. The number of hydrogen-bond donors (Lipinski definition) is 0. The van der Waals surface area contributed by atoms with Gasteiger partial charge in [0.2, 0.25) is 0 Å². The van der Waals surface area contributed by atoms with Gasteiger partial charge in [-0.2, -0.15) is 26.3 Å². The molecule has 1 saturated carbocycles. The Morgan fingerprint density at radius 1 is 0.900 bits per heavy atom. The number of rotatable bonds is 7. The Morgan fingerprint density at radius 3 is 1.53 bits per heavy atom. The van der Waals surface area contributed by atoms with Gasteiger partial charge in [0.1, 0.15) is 6.10 Å². The molecule has 178 valence electrons. The molecule has 1 aliphatic rings. The van der Waals surface area contributed by atoms with Crippen molar-refractivity contribution in [3.63, 3.8) is 0 Å². The summed E-state index contributed by atoms with van der Waals surface area (Å²) in [4.78, 5) is 12.5. The number of esters is 1. The number of halogens is 6. The second kappa shape index (κ2) is 7.82. The third-order valence-electron chi connectivity index (χ3n) is 4.87. The fourth-order valence-electron chi connectivity index (χ4n) is 3.24. The molecule has 6 nitrogen and oxygen atoms in total. The smallest absolute Gasteiger partial charge is 0.462 e. The van der Waals surface area contributed by atoms with Crippen molar-refractivity contribution in [1.82, 2.24) is 0 Å². The summed E-state index contributed by atoms with van der Waals surface area (Å²) in [5.74, 6) is -3.26. The maximum Gasteiger partial charge on any atom is 0.498 e. The summed E-state index contributed by atoms with van der Waals surface area (Å²) in [6, 6.07) is 0. The van der Waals surface area contributed by atoms with Gasteiger partial charge in [-0.3, -0.25) is 4.79 Å². The van der Waals surface area contributed by atoms with Crippen LogP contribution in [0, 0.1) is 16.7 Å². The Bertz CT molecular complexity index is 819. The Hall–Kier alpha value is -1.05. The third kappa shape index (κ3) is 5.40. The number of hydrogen-bond acceptors (Lipinski definition) is 6. The quantitative estimate of drug-likeness (QED) is 0.396. The Labute approximate surface area is 171 Å². The highest BCUT2D eigenvalue weighted by Crippen LogP contribution is 2.54. The molecule has 1 aliphatic carbocycles. The summed E-state index contributed by atoms with van der Waals surface area (Å²) in [5, 5.41) is 0. The Balaban J connectivity index is 3.29. The lowest BCUT2D eigenvalue weighted by atomic mass is 9.82. The Morgan fingerprint density at radius 2 is 1.27 bits per heavy atom. The topological polar surface area (TPSA) is 94.6 Å². The van der Waals surface area contributed by atoms with Gasteiger partial charge in [0, 0.05) is 5.92 Å². The maximum atomic E-state index is 12.9. The van der Waals surface area contributed by atoms with Crippen molar-refractivity contribution in [2.75, 3.05) is 0 Å². The first-order valence-electron chi connectivity index (χ1n) is 8.81. The highest BCUT2D eigenvalue weighted by Gasteiger charge is 2.65. The zero-order valence-electron chi connectivity index (χ0n) is 16.9. The SMILES string of the molecule is CC(OC(=O)C1(CC(C)(C)C)CC1)C(C)C(S(=O)(=O)C(F)(F)F)S(=O)(=O)C(F)(F)F. The first kappa shape index (κ1) is 27.0. The maximum absolute atomic E-state index is 12.9. The average Bonchev–Trinajstić information content (AvgIpc) is 3.22. The van der Waals surface area contributed by atoms with E-state index in [-0.39, 0.29) is 5.41 Å². The molecule has 0 radical (unpaired) electrons. The standard InChI is InChI=1S/C16H24F6O6S2/c1-9(10(2)28-12(23)14(6-7-14)8-13(3,4)5)11(29(24,25)15(17,18)19)30(26,27)16(20,21)22/h9-11H,6-8H2,1-5H3. The highest BCUT2D eigenvalue weighted by atomic mass is 32.3. The highest BCUT2D eigenvalue weighted by molar-refractivity contribution is 8.09. The minimum atomic E-state index is -6.81. The zero-order valence-corrected chi connectivity index (χ0v) is 18.5. The minimum absolute atomic E-state index is 0.324. The second-order valence-corrected chi connectivity index (χ2v) is 13.3. The molecule has 0 aliphatic heterocycles. The second-order valence-electron chi connectivity index (χ2n) is 8.84. The summed E-state index contributed by atoms with van der Waals surface area (Å²) in [5.41, 5.74) is -13.9. The van der Waals surface area contributed by atoms with Crippen LogP contribution >= 0.6 is 0 Å². The first-order valence-corrected chi connectivity index (χ1v) is 11.9. The predicted octanol–water partition coefficient (Wildman–Crippen LogP) is 3.97. The van der Waals surface area contributed by atoms with E-state index in [0.717, 1.165) is 6.92 Å². The molecular formula is C16H24F6O6S2. The molecular weight excluding hydrogens is 466 g/mol. The number of alkyl halides is 6. The van der Waals surface area contributed by atoms with E-state index >= 15 is 0 Å². The summed E-state index contributed by atoms with van der Waals surface area (Å²) < 4.78 is 126. The van der Waals surface area contributed by atoms with E-state index in [1.54, 1.807) is 0 Å². The van der Waals surface area contributed by atoms with Crippen molar-refractivity contribution >= 4 is 25.6 Å². The van der Waals surface area contributed by atoms with E-state index in [4.69, 9.17) is 4.74 Å². The van der Waals surface area contributed by atoms with Crippen LogP contribution in [0.2, 0.25) is 0 Å². The van der Waals surface area contributed by atoms with E-state index < -0.39 is 58.7 Å². The van der Waals surface area contributed by atoms with E-state index in [1.807, 2.05) is 20.8 Å². The van der Waals surface area contributed by atoms with Crippen LogP contribution in [0.4, 0.5) is 26.3 Å². The molecule has 1 rings (SSSR count). The molecule has 0 heterocycles. The van der Waals surface area contributed by atoms with Crippen LogP contribution < -0.4 is 0 Å². The van der Waals surface area contributed by atoms with Gasteiger partial charge in [0.25, 0.3) is 19.7 Å². The zero-order chi connectivity index (χ0) is 24.1. The molecule has 0 amide bonds. The molecule has 0 saturated heterocycles. The molecule has 0 N–H and O–H groups in total. The van der Waals surface area contributed by atoms with E-state index in [2.05, 4.69) is 0 Å². The van der Waals surface area contributed by atoms with Crippen LogP contribution in [-0.4, -0.2) is 44.5 Å². The first-order chi connectivity index (χ1) is 13.0. The predicted molar refractivity (Wildman–Crippen MR) is 94.2 cm³/mol. The lowest BCUT2D eigenvalue weighted by molar-refractivity contribution is -0.158. The van der Waals surface area contributed by atoms with Gasteiger partial charge in [0.15, 0.2) is 4.58 Å². The minimum Gasteiger partial charge on any atom is -0.462 e. The van der Waals surface area contributed by atoms with Crippen molar-refractivity contribution in [3.8, 4) is 0 Å². The fraction of sp³-hybridized carbons (Fsp3) is 0.938. The lowest BCUT2D eigenvalue weighted by Gasteiger charge is -2.31. The summed E-state index contributed by atoms with van der Waals surface area (Å²) >= 11 is 0. The van der Waals surface area contributed by atoms with Crippen LogP contribution in [0.3, 0.4) is 0 Å². The number of carbonyl (C=O) groups is 1. The lowest BCUT2D eigenvalue weighted by Crippen LogP contribution is -2.51. The molecule has 0 spiro atoms. The van der Waals surface area contributed by atoms with Crippen LogP contribution in [0.5, 0.6) is 0 Å². The largest absolute Gasteiger partial charge is 0.498 e. The van der Waals surface area contributed by atoms with Crippen molar-refractivity contribution in [2.24, 2.45) is 16.7 Å². The monoisotopic (exact) mass is 490 g/mol. The van der Waals surface area contributed by atoms with Crippen LogP contribution in [0.25, 0.3) is 0 Å². The fourth-order valence-corrected chi connectivity index (χ4v) is 7.33. The molecule has 2 unspecified atom stereocenters. The van der Waals surface area contributed by atoms with Gasteiger partial charge < -0.3 is 4.74 Å². The molecule has 14 heteroatoms. The van der Waals surface area contributed by atoms with E-state index in [0.29, 0.717) is 26.2 Å². The summed E-state index contributed by atoms with van der Waals surface area (Å²) in [7, 11) is -13.6. The average molecular weight is 490 g/mol. The van der Waals surface area contributed by atoms with Crippen molar-refractivity contribution < 1.29 is 52.7 Å². The van der Waals surface area contributed by atoms with Gasteiger partial charge in [0.05, 0.1) is 5.41 Å². The van der Waals surface area contributed by atoms with Gasteiger partial charge in [-0.25, -0.2) is 16.8 Å². The van der Waals surface area contributed by atoms with Crippen molar-refractivity contribution in [2.45, 2.75) is 75.6 Å².